The first kappa shape index (κ1) is 21.3. The molecule has 0 amide bonds. The molecule has 0 spiro atoms. The van der Waals surface area contributed by atoms with E-state index in [1.54, 1.807) is 32.4 Å². The van der Waals surface area contributed by atoms with Gasteiger partial charge in [-0.25, -0.2) is 18.5 Å². The average molecular weight is 443 g/mol. The second-order valence-electron chi connectivity index (χ2n) is 5.99. The van der Waals surface area contributed by atoms with Crippen LogP contribution in [0.25, 0.3) is 16.8 Å². The summed E-state index contributed by atoms with van der Waals surface area (Å²) < 4.78 is 33.2. The molecular formula is C20H18N4O4S2. The zero-order valence-corrected chi connectivity index (χ0v) is 17.8. The molecule has 8 nitrogen and oxygen atoms in total. The van der Waals surface area contributed by atoms with Gasteiger partial charge in [0.05, 0.1) is 24.8 Å². The molecule has 1 heterocycles. The number of anilines is 1. The number of benzene rings is 2. The Morgan fingerprint density at radius 2 is 1.87 bits per heavy atom. The van der Waals surface area contributed by atoms with Crippen molar-refractivity contribution in [3.05, 3.63) is 59.1 Å². The molecule has 3 aromatic rings. The largest absolute Gasteiger partial charge is 0.493 e. The zero-order valence-electron chi connectivity index (χ0n) is 16.1. The van der Waals surface area contributed by atoms with E-state index in [2.05, 4.69) is 16.4 Å². The summed E-state index contributed by atoms with van der Waals surface area (Å²) in [5, 5.41) is 20.0. The van der Waals surface area contributed by atoms with E-state index < -0.39 is 10.0 Å². The summed E-state index contributed by atoms with van der Waals surface area (Å²) in [6.45, 7) is 0. The highest BCUT2D eigenvalue weighted by molar-refractivity contribution is 7.89. The first-order valence-electron chi connectivity index (χ1n) is 8.53. The summed E-state index contributed by atoms with van der Waals surface area (Å²) in [6, 6.07) is 13.5. The van der Waals surface area contributed by atoms with Gasteiger partial charge in [-0.3, -0.25) is 0 Å². The lowest BCUT2D eigenvalue weighted by Crippen LogP contribution is -2.11. The lowest BCUT2D eigenvalue weighted by molar-refractivity contribution is 0.355. The number of aromatic nitrogens is 1. The highest BCUT2D eigenvalue weighted by Crippen LogP contribution is 2.33. The molecule has 154 valence electrons. The van der Waals surface area contributed by atoms with Crippen LogP contribution in [0.15, 0.2) is 58.9 Å². The fourth-order valence-electron chi connectivity index (χ4n) is 2.56. The Morgan fingerprint density at radius 3 is 2.47 bits per heavy atom. The number of hydrogen-bond acceptors (Lipinski definition) is 8. The summed E-state index contributed by atoms with van der Waals surface area (Å²) in [5.74, 6) is 1.21. The zero-order chi connectivity index (χ0) is 21.7. The van der Waals surface area contributed by atoms with Gasteiger partial charge in [-0.1, -0.05) is 0 Å². The minimum atomic E-state index is -3.75. The quantitative estimate of drug-likeness (QED) is 0.536. The maximum absolute atomic E-state index is 11.3. The van der Waals surface area contributed by atoms with E-state index in [0.717, 1.165) is 5.56 Å². The summed E-state index contributed by atoms with van der Waals surface area (Å²) in [6.07, 6.45) is 1.52. The van der Waals surface area contributed by atoms with Crippen molar-refractivity contribution in [2.75, 3.05) is 19.5 Å². The number of hydrogen-bond donors (Lipinski definition) is 2. The Kier molecular flexibility index (Phi) is 6.37. The van der Waals surface area contributed by atoms with Crippen molar-refractivity contribution < 1.29 is 17.9 Å². The fourth-order valence-corrected chi connectivity index (χ4v) is 3.87. The molecule has 0 aliphatic carbocycles. The summed E-state index contributed by atoms with van der Waals surface area (Å²) in [7, 11) is -0.624. The summed E-state index contributed by atoms with van der Waals surface area (Å²) >= 11 is 1.33. The summed E-state index contributed by atoms with van der Waals surface area (Å²) in [5.41, 5.74) is 2.47. The second-order valence-corrected chi connectivity index (χ2v) is 8.41. The molecular weight excluding hydrogens is 424 g/mol. The van der Waals surface area contributed by atoms with E-state index in [9.17, 15) is 13.7 Å². The molecule has 3 N–H and O–H groups in total. The highest BCUT2D eigenvalue weighted by Gasteiger charge is 2.12. The predicted octanol–water partition coefficient (Wildman–Crippen LogP) is 3.45. The van der Waals surface area contributed by atoms with Gasteiger partial charge in [0.25, 0.3) is 0 Å². The molecule has 0 atom stereocenters. The molecule has 0 fully saturated rings. The average Bonchev–Trinajstić information content (AvgIpc) is 3.23. The van der Waals surface area contributed by atoms with E-state index >= 15 is 0 Å². The molecule has 2 aromatic carbocycles. The molecule has 1 aromatic heterocycles. The van der Waals surface area contributed by atoms with E-state index in [1.807, 2.05) is 17.5 Å². The SMILES string of the molecule is COc1ccc(-c2csc(/C(C#N)=C/Nc3ccc(S(N)(=O)=O)cc3)n2)cc1OC. The Labute approximate surface area is 178 Å². The number of rotatable bonds is 7. The van der Waals surface area contributed by atoms with Gasteiger partial charge in [-0.15, -0.1) is 11.3 Å². The second kappa shape index (κ2) is 8.96. The molecule has 0 saturated heterocycles. The normalized spacial score (nSPS) is 11.6. The topological polar surface area (TPSA) is 127 Å². The van der Waals surface area contributed by atoms with Gasteiger partial charge < -0.3 is 14.8 Å². The third kappa shape index (κ3) is 4.77. The first-order chi connectivity index (χ1) is 14.4. The number of ether oxygens (including phenoxy) is 2. The Hall–Kier alpha value is -3.39. The Balaban J connectivity index is 1.81. The number of nitrogens with two attached hydrogens (primary N) is 1. The third-order valence-corrected chi connectivity index (χ3v) is 5.91. The minimum absolute atomic E-state index is 0.0111. The number of nitrogens with zero attached hydrogens (tertiary/aromatic N) is 2. The van der Waals surface area contributed by atoms with Crippen LogP contribution in [0.1, 0.15) is 5.01 Å². The van der Waals surface area contributed by atoms with Crippen molar-refractivity contribution in [1.29, 1.82) is 5.26 Å². The predicted molar refractivity (Wildman–Crippen MR) is 116 cm³/mol. The van der Waals surface area contributed by atoms with Gasteiger partial charge in [-0.2, -0.15) is 5.26 Å². The molecule has 0 bridgehead atoms. The maximum Gasteiger partial charge on any atom is 0.238 e. The van der Waals surface area contributed by atoms with Crippen LogP contribution < -0.4 is 19.9 Å². The van der Waals surface area contributed by atoms with Gasteiger partial charge in [-0.05, 0) is 42.5 Å². The van der Waals surface area contributed by atoms with Crippen LogP contribution in [-0.4, -0.2) is 27.6 Å². The first-order valence-corrected chi connectivity index (χ1v) is 11.0. The summed E-state index contributed by atoms with van der Waals surface area (Å²) in [4.78, 5) is 4.55. The van der Waals surface area contributed by atoms with Gasteiger partial charge >= 0.3 is 0 Å². The third-order valence-electron chi connectivity index (χ3n) is 4.10. The van der Waals surface area contributed by atoms with E-state index in [-0.39, 0.29) is 4.90 Å². The molecule has 30 heavy (non-hydrogen) atoms. The van der Waals surface area contributed by atoms with Crippen molar-refractivity contribution in [2.24, 2.45) is 5.14 Å². The maximum atomic E-state index is 11.3. The van der Waals surface area contributed by atoms with Crippen LogP contribution in [0.4, 0.5) is 5.69 Å². The monoisotopic (exact) mass is 442 g/mol. The van der Waals surface area contributed by atoms with Crippen molar-refractivity contribution in [3.63, 3.8) is 0 Å². The number of methoxy groups -OCH3 is 2. The van der Waals surface area contributed by atoms with Crippen LogP contribution in [0.5, 0.6) is 11.5 Å². The number of allylic oxidation sites excluding steroid dienone is 1. The van der Waals surface area contributed by atoms with Crippen molar-refractivity contribution in [3.8, 4) is 28.8 Å². The number of sulfonamides is 1. The molecule has 0 aliphatic rings. The van der Waals surface area contributed by atoms with Crippen molar-refractivity contribution in [2.45, 2.75) is 4.90 Å². The van der Waals surface area contributed by atoms with Gasteiger partial charge in [0.2, 0.25) is 10.0 Å². The molecule has 3 rings (SSSR count). The van der Waals surface area contributed by atoms with Crippen LogP contribution in [0, 0.1) is 11.3 Å². The van der Waals surface area contributed by atoms with Crippen LogP contribution in [0.2, 0.25) is 0 Å². The van der Waals surface area contributed by atoms with E-state index in [4.69, 9.17) is 14.6 Å². The molecule has 0 aliphatic heterocycles. The van der Waals surface area contributed by atoms with Crippen LogP contribution in [-0.2, 0) is 10.0 Å². The van der Waals surface area contributed by atoms with Gasteiger partial charge in [0.1, 0.15) is 16.6 Å². The molecule has 0 radical (unpaired) electrons. The molecule has 10 heteroatoms. The number of primary sulfonamides is 1. The lowest BCUT2D eigenvalue weighted by Gasteiger charge is -2.08. The lowest BCUT2D eigenvalue weighted by atomic mass is 10.1. The number of nitrogens with one attached hydrogen (secondary N) is 1. The van der Waals surface area contributed by atoms with Gasteiger partial charge in [0.15, 0.2) is 11.5 Å². The van der Waals surface area contributed by atoms with Crippen LogP contribution >= 0.6 is 11.3 Å². The number of nitriles is 1. The van der Waals surface area contributed by atoms with Gasteiger partial charge in [0, 0.05) is 22.8 Å². The molecule has 0 saturated carbocycles. The Morgan fingerprint density at radius 1 is 1.17 bits per heavy atom. The van der Waals surface area contributed by atoms with E-state index in [0.29, 0.717) is 33.5 Å². The standard InChI is InChI=1S/C20H18N4O4S2/c1-27-18-8-3-13(9-19(18)28-2)17-12-29-20(24-17)14(10-21)11-23-15-4-6-16(7-5-15)30(22,25)26/h3-9,11-12,23H,1-2H3,(H2,22,25,26)/b14-11+. The minimum Gasteiger partial charge on any atom is -0.493 e. The van der Waals surface area contributed by atoms with Crippen LogP contribution in [0.3, 0.4) is 0 Å². The highest BCUT2D eigenvalue weighted by atomic mass is 32.2. The molecule has 0 unspecified atom stereocenters. The van der Waals surface area contributed by atoms with Crippen molar-refractivity contribution in [1.82, 2.24) is 4.98 Å². The fraction of sp³-hybridized carbons (Fsp3) is 0.100. The number of thiazole rings is 1. The van der Waals surface area contributed by atoms with E-state index in [1.165, 1.54) is 29.7 Å². The smallest absolute Gasteiger partial charge is 0.238 e. The Bertz CT molecular complexity index is 1230. The van der Waals surface area contributed by atoms with Crippen molar-refractivity contribution >= 4 is 32.6 Å².